The zero-order chi connectivity index (χ0) is 18.1. The molecule has 0 spiro atoms. The zero-order valence-electron chi connectivity index (χ0n) is 14.4. The third kappa shape index (κ3) is 3.13. The molecule has 132 valence electrons. The Kier molecular flexibility index (Phi) is 4.31. The van der Waals surface area contributed by atoms with Crippen LogP contribution in [0.2, 0.25) is 0 Å². The summed E-state index contributed by atoms with van der Waals surface area (Å²) in [7, 11) is 0. The molecule has 0 aromatic heterocycles. The third-order valence-electron chi connectivity index (χ3n) is 4.53. The number of hydrogen-bond acceptors (Lipinski definition) is 5. The molecule has 2 heterocycles. The first-order chi connectivity index (χ1) is 12.6. The van der Waals surface area contributed by atoms with Gasteiger partial charge in [0.1, 0.15) is 11.5 Å². The molecule has 26 heavy (non-hydrogen) atoms. The summed E-state index contributed by atoms with van der Waals surface area (Å²) >= 11 is 0. The van der Waals surface area contributed by atoms with E-state index in [2.05, 4.69) is 0 Å². The van der Waals surface area contributed by atoms with Crippen molar-refractivity contribution in [3.63, 3.8) is 0 Å². The topological polar surface area (TPSA) is 61.8 Å². The van der Waals surface area contributed by atoms with Crippen molar-refractivity contribution in [2.45, 2.75) is 25.9 Å². The molecule has 1 atom stereocenters. The molecule has 2 aromatic carbocycles. The summed E-state index contributed by atoms with van der Waals surface area (Å²) in [6.45, 7) is 2.55. The van der Waals surface area contributed by atoms with Crippen molar-refractivity contribution < 1.29 is 23.8 Å². The predicted octanol–water partition coefficient (Wildman–Crippen LogP) is 3.70. The highest BCUT2D eigenvalue weighted by molar-refractivity contribution is 6.14. The summed E-state index contributed by atoms with van der Waals surface area (Å²) < 4.78 is 16.4. The van der Waals surface area contributed by atoms with Crippen LogP contribution in [-0.2, 0) is 9.53 Å². The Bertz CT molecular complexity index is 906. The number of hydrogen-bond donors (Lipinski definition) is 0. The molecule has 0 saturated carbocycles. The van der Waals surface area contributed by atoms with Crippen molar-refractivity contribution in [3.8, 4) is 11.5 Å². The Balaban J connectivity index is 1.55. The summed E-state index contributed by atoms with van der Waals surface area (Å²) in [6.07, 6.45) is 2.74. The van der Waals surface area contributed by atoms with E-state index >= 15 is 0 Å². The van der Waals surface area contributed by atoms with Crippen LogP contribution in [-0.4, -0.2) is 24.5 Å². The molecule has 0 radical (unpaired) electrons. The van der Waals surface area contributed by atoms with Crippen LogP contribution in [0, 0.1) is 6.92 Å². The zero-order valence-corrected chi connectivity index (χ0v) is 14.4. The van der Waals surface area contributed by atoms with Gasteiger partial charge in [0.25, 0.3) is 0 Å². The number of ketones is 1. The minimum Gasteiger partial charge on any atom is -0.452 e. The highest BCUT2D eigenvalue weighted by atomic mass is 16.6. The lowest BCUT2D eigenvalue weighted by molar-refractivity contribution is -0.144. The van der Waals surface area contributed by atoms with E-state index in [1.807, 2.05) is 31.2 Å². The number of ether oxygens (including phenoxy) is 3. The lowest BCUT2D eigenvalue weighted by Gasteiger charge is -2.09. The number of carbonyl (C=O) groups is 2. The van der Waals surface area contributed by atoms with Crippen molar-refractivity contribution in [2.75, 3.05) is 6.61 Å². The molecule has 2 aliphatic rings. The molecule has 5 heteroatoms. The molecule has 1 unspecified atom stereocenters. The van der Waals surface area contributed by atoms with Gasteiger partial charge < -0.3 is 14.2 Å². The van der Waals surface area contributed by atoms with Crippen molar-refractivity contribution in [3.05, 3.63) is 64.9 Å². The fourth-order valence-corrected chi connectivity index (χ4v) is 3.07. The maximum atomic E-state index is 12.5. The van der Waals surface area contributed by atoms with E-state index in [1.165, 1.54) is 0 Å². The van der Waals surface area contributed by atoms with Crippen LogP contribution in [0.3, 0.4) is 0 Å². The Morgan fingerprint density at radius 1 is 1.23 bits per heavy atom. The number of rotatable bonds is 3. The maximum absolute atomic E-state index is 12.5. The van der Waals surface area contributed by atoms with E-state index in [4.69, 9.17) is 14.2 Å². The van der Waals surface area contributed by atoms with E-state index in [0.717, 1.165) is 17.5 Å². The van der Waals surface area contributed by atoms with E-state index in [9.17, 15) is 9.59 Å². The average molecular weight is 350 g/mol. The lowest BCUT2D eigenvalue weighted by Crippen LogP contribution is -2.24. The van der Waals surface area contributed by atoms with Crippen molar-refractivity contribution in [1.29, 1.82) is 0 Å². The van der Waals surface area contributed by atoms with E-state index in [-0.39, 0.29) is 11.5 Å². The van der Waals surface area contributed by atoms with E-state index in [1.54, 1.807) is 24.3 Å². The quantitative estimate of drug-likeness (QED) is 0.480. The lowest BCUT2D eigenvalue weighted by atomic mass is 10.1. The number of carbonyl (C=O) groups excluding carboxylic acids is 2. The molecule has 2 aromatic rings. The SMILES string of the molecule is Cc1ccccc1/C=C1\Oc2cc(OC(=O)C3CCCO3)ccc2C1=O. The van der Waals surface area contributed by atoms with Crippen LogP contribution in [0.1, 0.15) is 34.3 Å². The number of fused-ring (bicyclic) bond motifs is 1. The summed E-state index contributed by atoms with van der Waals surface area (Å²) in [5, 5.41) is 0. The summed E-state index contributed by atoms with van der Waals surface area (Å²) in [5.41, 5.74) is 2.44. The molecule has 0 amide bonds. The molecule has 4 rings (SSSR count). The van der Waals surface area contributed by atoms with E-state index < -0.39 is 12.1 Å². The van der Waals surface area contributed by atoms with Gasteiger partial charge in [0.2, 0.25) is 5.78 Å². The summed E-state index contributed by atoms with van der Waals surface area (Å²) in [4.78, 5) is 24.6. The third-order valence-corrected chi connectivity index (χ3v) is 4.53. The summed E-state index contributed by atoms with van der Waals surface area (Å²) in [6, 6.07) is 12.5. The second kappa shape index (κ2) is 6.77. The van der Waals surface area contributed by atoms with Crippen LogP contribution in [0.25, 0.3) is 6.08 Å². The van der Waals surface area contributed by atoms with Crippen molar-refractivity contribution >= 4 is 17.8 Å². The second-order valence-electron chi connectivity index (χ2n) is 6.38. The van der Waals surface area contributed by atoms with Gasteiger partial charge >= 0.3 is 5.97 Å². The second-order valence-corrected chi connectivity index (χ2v) is 6.38. The van der Waals surface area contributed by atoms with Gasteiger partial charge in [0, 0.05) is 12.7 Å². The number of Topliss-reactive ketones (excluding diaryl/α,β-unsaturated/α-hetero) is 1. The number of esters is 1. The van der Waals surface area contributed by atoms with Crippen LogP contribution < -0.4 is 9.47 Å². The summed E-state index contributed by atoms with van der Waals surface area (Å²) in [5.74, 6) is 0.404. The number of benzene rings is 2. The molecule has 1 fully saturated rings. The molecule has 5 nitrogen and oxygen atoms in total. The van der Waals surface area contributed by atoms with Crippen LogP contribution in [0.15, 0.2) is 48.2 Å². The Labute approximate surface area is 151 Å². The molecule has 1 saturated heterocycles. The maximum Gasteiger partial charge on any atom is 0.340 e. The average Bonchev–Trinajstić information content (AvgIpc) is 3.26. The Morgan fingerprint density at radius 2 is 2.08 bits per heavy atom. The van der Waals surface area contributed by atoms with E-state index in [0.29, 0.717) is 30.1 Å². The van der Waals surface area contributed by atoms with Gasteiger partial charge in [-0.05, 0) is 49.1 Å². The largest absolute Gasteiger partial charge is 0.452 e. The highest BCUT2D eigenvalue weighted by Gasteiger charge is 2.29. The minimum absolute atomic E-state index is 0.180. The first kappa shape index (κ1) is 16.5. The molecule has 0 N–H and O–H groups in total. The normalized spacial score (nSPS) is 20.1. The molecular weight excluding hydrogens is 332 g/mol. The van der Waals surface area contributed by atoms with Crippen LogP contribution in [0.5, 0.6) is 11.5 Å². The molecular formula is C21H18O5. The number of allylic oxidation sites excluding steroid dienone is 1. The first-order valence-electron chi connectivity index (χ1n) is 8.59. The van der Waals surface area contributed by atoms with Gasteiger partial charge in [-0.1, -0.05) is 24.3 Å². The standard InChI is InChI=1S/C21H18O5/c1-13-5-2-3-6-14(13)11-19-20(22)16-9-8-15(12-18(16)26-19)25-21(23)17-7-4-10-24-17/h2-3,5-6,8-9,11-12,17H,4,7,10H2,1H3/b19-11-. The van der Waals surface area contributed by atoms with Gasteiger partial charge in [-0.15, -0.1) is 0 Å². The van der Waals surface area contributed by atoms with Gasteiger partial charge in [-0.2, -0.15) is 0 Å². The monoisotopic (exact) mass is 350 g/mol. The highest BCUT2D eigenvalue weighted by Crippen LogP contribution is 2.35. The fraction of sp³-hybridized carbons (Fsp3) is 0.238. The first-order valence-corrected chi connectivity index (χ1v) is 8.59. The molecule has 0 aliphatic carbocycles. The van der Waals surface area contributed by atoms with Crippen LogP contribution >= 0.6 is 0 Å². The smallest absolute Gasteiger partial charge is 0.340 e. The van der Waals surface area contributed by atoms with Crippen molar-refractivity contribution in [1.82, 2.24) is 0 Å². The molecule has 0 bridgehead atoms. The minimum atomic E-state index is -0.512. The number of aryl methyl sites for hydroxylation is 1. The van der Waals surface area contributed by atoms with Crippen molar-refractivity contribution in [2.24, 2.45) is 0 Å². The molecule has 2 aliphatic heterocycles. The predicted molar refractivity (Wildman–Crippen MR) is 95.2 cm³/mol. The van der Waals surface area contributed by atoms with Gasteiger partial charge in [-0.25, -0.2) is 4.79 Å². The fourth-order valence-electron chi connectivity index (χ4n) is 3.07. The Morgan fingerprint density at radius 3 is 2.85 bits per heavy atom. The van der Waals surface area contributed by atoms with Crippen LogP contribution in [0.4, 0.5) is 0 Å². The van der Waals surface area contributed by atoms with Gasteiger partial charge in [0.05, 0.1) is 5.56 Å². The van der Waals surface area contributed by atoms with Gasteiger partial charge in [-0.3, -0.25) is 4.79 Å². The Hall–Kier alpha value is -2.92. The van der Waals surface area contributed by atoms with Gasteiger partial charge in [0.15, 0.2) is 11.9 Å².